The molecule has 0 aromatic heterocycles. The quantitative estimate of drug-likeness (QED) is 0.886. The molecule has 0 aliphatic carbocycles. The molecule has 3 nitrogen and oxygen atoms in total. The van der Waals surface area contributed by atoms with Gasteiger partial charge in [-0.05, 0) is 25.0 Å². The van der Waals surface area contributed by atoms with Crippen LogP contribution >= 0.6 is 0 Å². The summed E-state index contributed by atoms with van der Waals surface area (Å²) in [5, 5.41) is 3.01. The SMILES string of the molecule is CC(NC(=O)[C@@H](C)N)C(c1ccccc1)c1ccccc1. The van der Waals surface area contributed by atoms with Crippen molar-refractivity contribution in [2.75, 3.05) is 0 Å². The van der Waals surface area contributed by atoms with E-state index in [1.54, 1.807) is 6.92 Å². The van der Waals surface area contributed by atoms with E-state index in [0.29, 0.717) is 0 Å². The molecule has 0 aliphatic heterocycles. The van der Waals surface area contributed by atoms with E-state index in [1.807, 2.05) is 43.3 Å². The van der Waals surface area contributed by atoms with Gasteiger partial charge in [0.05, 0.1) is 6.04 Å². The zero-order valence-electron chi connectivity index (χ0n) is 12.5. The molecule has 1 amide bonds. The maximum atomic E-state index is 11.9. The molecule has 1 unspecified atom stereocenters. The third-order valence-electron chi connectivity index (χ3n) is 3.60. The first-order valence-electron chi connectivity index (χ1n) is 7.25. The van der Waals surface area contributed by atoms with Crippen LogP contribution in [0.3, 0.4) is 0 Å². The molecule has 2 rings (SSSR count). The third-order valence-corrected chi connectivity index (χ3v) is 3.60. The van der Waals surface area contributed by atoms with Gasteiger partial charge in [0, 0.05) is 12.0 Å². The van der Waals surface area contributed by atoms with Gasteiger partial charge in [-0.1, -0.05) is 60.7 Å². The fourth-order valence-corrected chi connectivity index (χ4v) is 2.53. The van der Waals surface area contributed by atoms with Crippen molar-refractivity contribution in [3.05, 3.63) is 71.8 Å². The summed E-state index contributed by atoms with van der Waals surface area (Å²) >= 11 is 0. The largest absolute Gasteiger partial charge is 0.351 e. The zero-order valence-corrected chi connectivity index (χ0v) is 12.5. The highest BCUT2D eigenvalue weighted by molar-refractivity contribution is 5.81. The van der Waals surface area contributed by atoms with Crippen LogP contribution in [0.1, 0.15) is 30.9 Å². The smallest absolute Gasteiger partial charge is 0.236 e. The lowest BCUT2D eigenvalue weighted by atomic mass is 9.85. The van der Waals surface area contributed by atoms with Gasteiger partial charge in [0.2, 0.25) is 5.91 Å². The first kappa shape index (κ1) is 15.3. The minimum absolute atomic E-state index is 0.0340. The highest BCUT2D eigenvalue weighted by Crippen LogP contribution is 2.27. The molecule has 3 N–H and O–H groups in total. The lowest BCUT2D eigenvalue weighted by Gasteiger charge is -2.26. The van der Waals surface area contributed by atoms with Gasteiger partial charge in [0.15, 0.2) is 0 Å². The highest BCUT2D eigenvalue weighted by Gasteiger charge is 2.23. The van der Waals surface area contributed by atoms with Crippen molar-refractivity contribution < 1.29 is 4.79 Å². The van der Waals surface area contributed by atoms with Crippen molar-refractivity contribution >= 4 is 5.91 Å². The van der Waals surface area contributed by atoms with Crippen LogP contribution < -0.4 is 11.1 Å². The highest BCUT2D eigenvalue weighted by atomic mass is 16.2. The molecule has 110 valence electrons. The maximum absolute atomic E-state index is 11.9. The molecule has 3 heteroatoms. The minimum atomic E-state index is -0.500. The van der Waals surface area contributed by atoms with E-state index in [0.717, 1.165) is 0 Å². The average Bonchev–Trinajstić information content (AvgIpc) is 2.49. The van der Waals surface area contributed by atoms with E-state index in [2.05, 4.69) is 29.6 Å². The molecule has 0 bridgehead atoms. The molecule has 0 heterocycles. The summed E-state index contributed by atoms with van der Waals surface area (Å²) < 4.78 is 0. The van der Waals surface area contributed by atoms with Crippen molar-refractivity contribution in [2.24, 2.45) is 5.73 Å². The summed E-state index contributed by atoms with van der Waals surface area (Å²) in [5.74, 6) is -0.0190. The van der Waals surface area contributed by atoms with Gasteiger partial charge < -0.3 is 11.1 Å². The molecule has 0 aliphatic rings. The number of amides is 1. The van der Waals surface area contributed by atoms with Gasteiger partial charge in [-0.3, -0.25) is 4.79 Å². The van der Waals surface area contributed by atoms with Gasteiger partial charge in [-0.15, -0.1) is 0 Å². The van der Waals surface area contributed by atoms with Crippen molar-refractivity contribution in [1.82, 2.24) is 5.32 Å². The normalized spacial score (nSPS) is 13.7. The summed E-state index contributed by atoms with van der Waals surface area (Å²) in [6.45, 7) is 3.72. The van der Waals surface area contributed by atoms with Gasteiger partial charge in [-0.25, -0.2) is 0 Å². The fourth-order valence-electron chi connectivity index (χ4n) is 2.53. The van der Waals surface area contributed by atoms with E-state index in [1.165, 1.54) is 11.1 Å². The fraction of sp³-hybridized carbons (Fsp3) is 0.278. The Kier molecular flexibility index (Phi) is 5.12. The molecule has 0 fully saturated rings. The second-order valence-corrected chi connectivity index (χ2v) is 5.38. The lowest BCUT2D eigenvalue weighted by Crippen LogP contribution is -2.45. The summed E-state index contributed by atoms with van der Waals surface area (Å²) in [4.78, 5) is 11.9. The van der Waals surface area contributed by atoms with Crippen LogP contribution in [0.2, 0.25) is 0 Å². The number of nitrogens with two attached hydrogens (primary N) is 1. The maximum Gasteiger partial charge on any atom is 0.236 e. The molecule has 0 radical (unpaired) electrons. The van der Waals surface area contributed by atoms with E-state index < -0.39 is 6.04 Å². The summed E-state index contributed by atoms with van der Waals surface area (Å²) in [7, 11) is 0. The third kappa shape index (κ3) is 3.92. The Hall–Kier alpha value is -2.13. The zero-order chi connectivity index (χ0) is 15.2. The molecular weight excluding hydrogens is 260 g/mol. The number of nitrogens with one attached hydrogen (secondary N) is 1. The first-order valence-corrected chi connectivity index (χ1v) is 7.25. The van der Waals surface area contributed by atoms with Gasteiger partial charge in [0.1, 0.15) is 0 Å². The van der Waals surface area contributed by atoms with Crippen LogP contribution in [-0.2, 0) is 4.79 Å². The van der Waals surface area contributed by atoms with Crippen molar-refractivity contribution in [1.29, 1.82) is 0 Å². The summed E-state index contributed by atoms with van der Waals surface area (Å²) in [6, 6.07) is 19.9. The standard InChI is InChI=1S/C18H22N2O/c1-13(19)18(21)20-14(2)17(15-9-5-3-6-10-15)16-11-7-4-8-12-16/h3-14,17H,19H2,1-2H3,(H,20,21)/t13-,14?/m1/s1. The van der Waals surface area contributed by atoms with Crippen LogP contribution in [0.25, 0.3) is 0 Å². The predicted octanol–water partition coefficient (Wildman–Crippen LogP) is 2.67. The second-order valence-electron chi connectivity index (χ2n) is 5.38. The number of carbonyl (C=O) groups is 1. The summed E-state index contributed by atoms with van der Waals surface area (Å²) in [6.07, 6.45) is 0. The van der Waals surface area contributed by atoms with Crippen LogP contribution in [-0.4, -0.2) is 18.0 Å². The topological polar surface area (TPSA) is 55.1 Å². The van der Waals surface area contributed by atoms with E-state index in [9.17, 15) is 4.79 Å². The second kappa shape index (κ2) is 7.04. The number of benzene rings is 2. The molecular formula is C18H22N2O. The van der Waals surface area contributed by atoms with Crippen molar-refractivity contribution in [3.63, 3.8) is 0 Å². The molecule has 21 heavy (non-hydrogen) atoms. The van der Waals surface area contributed by atoms with Gasteiger partial charge in [-0.2, -0.15) is 0 Å². The predicted molar refractivity (Wildman–Crippen MR) is 86.0 cm³/mol. The Bertz CT molecular complexity index is 527. The first-order chi connectivity index (χ1) is 10.1. The molecule has 0 spiro atoms. The molecule has 0 saturated heterocycles. The number of carbonyl (C=O) groups excluding carboxylic acids is 1. The Balaban J connectivity index is 2.31. The van der Waals surface area contributed by atoms with Gasteiger partial charge >= 0.3 is 0 Å². The molecule has 2 atom stereocenters. The summed E-state index contributed by atoms with van der Waals surface area (Å²) in [5.41, 5.74) is 8.01. The van der Waals surface area contributed by atoms with E-state index in [4.69, 9.17) is 5.73 Å². The minimum Gasteiger partial charge on any atom is -0.351 e. The van der Waals surface area contributed by atoms with Crippen LogP contribution in [0, 0.1) is 0 Å². The number of hydrogen-bond donors (Lipinski definition) is 2. The van der Waals surface area contributed by atoms with Crippen molar-refractivity contribution in [3.8, 4) is 0 Å². The van der Waals surface area contributed by atoms with Gasteiger partial charge in [0.25, 0.3) is 0 Å². The Morgan fingerprint density at radius 1 is 0.905 bits per heavy atom. The lowest BCUT2D eigenvalue weighted by molar-refractivity contribution is -0.122. The van der Waals surface area contributed by atoms with E-state index >= 15 is 0 Å². The molecule has 2 aromatic carbocycles. The average molecular weight is 282 g/mol. The Morgan fingerprint density at radius 3 is 1.71 bits per heavy atom. The molecule has 2 aromatic rings. The van der Waals surface area contributed by atoms with Crippen LogP contribution in [0.5, 0.6) is 0 Å². The Labute approximate surface area is 126 Å². The van der Waals surface area contributed by atoms with Crippen LogP contribution in [0.4, 0.5) is 0 Å². The number of hydrogen-bond acceptors (Lipinski definition) is 2. The number of rotatable bonds is 5. The monoisotopic (exact) mass is 282 g/mol. The molecule has 0 saturated carbocycles. The van der Waals surface area contributed by atoms with Crippen LogP contribution in [0.15, 0.2) is 60.7 Å². The van der Waals surface area contributed by atoms with Crippen molar-refractivity contribution in [2.45, 2.75) is 31.8 Å². The van der Waals surface area contributed by atoms with E-state index in [-0.39, 0.29) is 17.9 Å². The Morgan fingerprint density at radius 2 is 1.33 bits per heavy atom.